The molecule has 2 N–H and O–H groups in total. The number of tetrazole rings is 1. The highest BCUT2D eigenvalue weighted by atomic mass is 16.6. The summed E-state index contributed by atoms with van der Waals surface area (Å²) in [5.41, 5.74) is -0.167. The van der Waals surface area contributed by atoms with E-state index in [1.54, 1.807) is 6.92 Å². The molecular formula is C7H15N5O. The van der Waals surface area contributed by atoms with Gasteiger partial charge in [0.05, 0.1) is 5.54 Å². The fourth-order valence-corrected chi connectivity index (χ4v) is 0.733. The topological polar surface area (TPSA) is 78.9 Å². The molecule has 6 nitrogen and oxygen atoms in total. The molecule has 1 aromatic rings. The van der Waals surface area contributed by atoms with Crippen LogP contribution in [0, 0.1) is 0 Å². The lowest BCUT2D eigenvalue weighted by Crippen LogP contribution is -2.25. The van der Waals surface area contributed by atoms with Crippen LogP contribution in [0.5, 0.6) is 0 Å². The van der Waals surface area contributed by atoms with E-state index in [0.717, 1.165) is 0 Å². The normalized spacial score (nSPS) is 14.5. The molecule has 0 aliphatic rings. The van der Waals surface area contributed by atoms with E-state index in [0.29, 0.717) is 5.82 Å². The molecule has 74 valence electrons. The quantitative estimate of drug-likeness (QED) is 0.674. The molecule has 0 bridgehead atoms. The number of rotatable bonds is 2. The minimum atomic E-state index is -0.323. The van der Waals surface area contributed by atoms with Gasteiger partial charge in [-0.3, -0.25) is 4.84 Å². The summed E-state index contributed by atoms with van der Waals surface area (Å²) in [6, 6.07) is 0. The number of nitrogens with two attached hydrogens (primary N) is 1. The van der Waals surface area contributed by atoms with Gasteiger partial charge in [0.15, 0.2) is 0 Å². The first-order chi connectivity index (χ1) is 5.95. The molecule has 1 aromatic heterocycles. The molecule has 1 atom stereocenters. The lowest BCUT2D eigenvalue weighted by atomic mass is 10.1. The maximum absolute atomic E-state index is 5.01. The van der Waals surface area contributed by atoms with E-state index in [1.807, 2.05) is 20.8 Å². The summed E-state index contributed by atoms with van der Waals surface area (Å²) in [4.78, 5) is 6.12. The van der Waals surface area contributed by atoms with Crippen LogP contribution in [-0.2, 0) is 10.4 Å². The van der Waals surface area contributed by atoms with Gasteiger partial charge in [-0.25, -0.2) is 5.90 Å². The lowest BCUT2D eigenvalue weighted by molar-refractivity contribution is 0.0596. The first kappa shape index (κ1) is 10.1. The third kappa shape index (κ3) is 2.22. The lowest BCUT2D eigenvalue weighted by Gasteiger charge is -2.15. The van der Waals surface area contributed by atoms with Gasteiger partial charge in [0.1, 0.15) is 6.10 Å². The van der Waals surface area contributed by atoms with Gasteiger partial charge in [-0.15, -0.1) is 10.2 Å². The zero-order chi connectivity index (χ0) is 10.1. The number of aromatic nitrogens is 4. The maximum Gasteiger partial charge on any atom is 0.205 e. The second-order valence-corrected chi connectivity index (χ2v) is 3.89. The fraction of sp³-hybridized carbons (Fsp3) is 0.857. The summed E-state index contributed by atoms with van der Waals surface area (Å²) < 4.78 is 0. The Morgan fingerprint density at radius 1 is 1.46 bits per heavy atom. The van der Waals surface area contributed by atoms with Crippen molar-refractivity contribution >= 4 is 0 Å². The van der Waals surface area contributed by atoms with Crippen LogP contribution in [0.4, 0.5) is 0 Å². The van der Waals surface area contributed by atoms with E-state index >= 15 is 0 Å². The summed E-state index contributed by atoms with van der Waals surface area (Å²) in [5.74, 6) is 5.50. The van der Waals surface area contributed by atoms with Crippen LogP contribution in [0.2, 0.25) is 0 Å². The molecule has 0 saturated carbocycles. The molecular weight excluding hydrogens is 170 g/mol. The second-order valence-electron chi connectivity index (χ2n) is 3.89. The van der Waals surface area contributed by atoms with E-state index in [1.165, 1.54) is 4.80 Å². The number of nitrogens with zero attached hydrogens (tertiary/aromatic N) is 4. The molecule has 0 aromatic carbocycles. The molecule has 0 spiro atoms. The van der Waals surface area contributed by atoms with Crippen molar-refractivity contribution in [3.63, 3.8) is 0 Å². The van der Waals surface area contributed by atoms with Crippen molar-refractivity contribution in [2.45, 2.75) is 39.3 Å². The van der Waals surface area contributed by atoms with Crippen molar-refractivity contribution in [2.75, 3.05) is 0 Å². The zero-order valence-corrected chi connectivity index (χ0v) is 8.35. The molecule has 0 radical (unpaired) electrons. The molecule has 0 amide bonds. The van der Waals surface area contributed by atoms with E-state index < -0.39 is 0 Å². The molecule has 6 heteroatoms. The van der Waals surface area contributed by atoms with E-state index in [2.05, 4.69) is 20.2 Å². The van der Waals surface area contributed by atoms with Crippen molar-refractivity contribution in [1.82, 2.24) is 20.2 Å². The molecule has 0 saturated heterocycles. The Morgan fingerprint density at radius 2 is 2.08 bits per heavy atom. The van der Waals surface area contributed by atoms with Crippen LogP contribution in [0.3, 0.4) is 0 Å². The Balaban J connectivity index is 2.87. The molecule has 1 unspecified atom stereocenters. The minimum Gasteiger partial charge on any atom is -0.293 e. The van der Waals surface area contributed by atoms with E-state index in [4.69, 9.17) is 5.90 Å². The zero-order valence-electron chi connectivity index (χ0n) is 8.35. The molecule has 0 fully saturated rings. The van der Waals surface area contributed by atoms with Crippen molar-refractivity contribution in [3.05, 3.63) is 5.82 Å². The summed E-state index contributed by atoms with van der Waals surface area (Å²) in [6.45, 7) is 7.75. The molecule has 13 heavy (non-hydrogen) atoms. The van der Waals surface area contributed by atoms with E-state index in [-0.39, 0.29) is 11.6 Å². The second kappa shape index (κ2) is 3.39. The van der Waals surface area contributed by atoms with Gasteiger partial charge >= 0.3 is 0 Å². The highest BCUT2D eigenvalue weighted by Crippen LogP contribution is 2.12. The summed E-state index contributed by atoms with van der Waals surface area (Å²) in [5, 5.41) is 11.9. The summed E-state index contributed by atoms with van der Waals surface area (Å²) in [7, 11) is 0. The van der Waals surface area contributed by atoms with Gasteiger partial charge in [0.25, 0.3) is 0 Å². The van der Waals surface area contributed by atoms with Crippen molar-refractivity contribution in [1.29, 1.82) is 0 Å². The van der Waals surface area contributed by atoms with Crippen LogP contribution in [-0.4, -0.2) is 20.2 Å². The average Bonchev–Trinajstić information content (AvgIpc) is 2.50. The first-order valence-electron chi connectivity index (χ1n) is 4.11. The highest BCUT2D eigenvalue weighted by Gasteiger charge is 2.19. The predicted molar refractivity (Wildman–Crippen MR) is 46.5 cm³/mol. The molecule has 1 heterocycles. The molecule has 0 aliphatic carbocycles. The standard InChI is InChI=1S/C7H15N5O/c1-5(13-8)6-9-11-12(10-6)7(2,3)4/h5H,8H2,1-4H3. The first-order valence-corrected chi connectivity index (χ1v) is 4.11. The number of hydrogen-bond acceptors (Lipinski definition) is 5. The van der Waals surface area contributed by atoms with Gasteiger partial charge < -0.3 is 0 Å². The van der Waals surface area contributed by atoms with E-state index in [9.17, 15) is 0 Å². The van der Waals surface area contributed by atoms with Crippen LogP contribution in [0.15, 0.2) is 0 Å². The SMILES string of the molecule is CC(ON)c1nnn(C(C)(C)C)n1. The van der Waals surface area contributed by atoms with Crippen LogP contribution in [0.25, 0.3) is 0 Å². The largest absolute Gasteiger partial charge is 0.293 e. The van der Waals surface area contributed by atoms with Crippen LogP contribution >= 0.6 is 0 Å². The van der Waals surface area contributed by atoms with Crippen molar-refractivity contribution in [2.24, 2.45) is 5.90 Å². The van der Waals surface area contributed by atoms with Gasteiger partial charge in [-0.2, -0.15) is 4.80 Å². The van der Waals surface area contributed by atoms with Crippen molar-refractivity contribution < 1.29 is 4.84 Å². The Hall–Kier alpha value is -1.01. The Kier molecular flexibility index (Phi) is 2.63. The predicted octanol–water partition coefficient (Wildman–Crippen LogP) is 0.379. The highest BCUT2D eigenvalue weighted by molar-refractivity contribution is 4.83. The fourth-order valence-electron chi connectivity index (χ4n) is 0.733. The molecule has 0 aliphatic heterocycles. The van der Waals surface area contributed by atoms with Gasteiger partial charge in [0.2, 0.25) is 5.82 Å². The number of hydrogen-bond donors (Lipinski definition) is 1. The molecule has 1 rings (SSSR count). The van der Waals surface area contributed by atoms with Crippen LogP contribution < -0.4 is 5.90 Å². The van der Waals surface area contributed by atoms with Gasteiger partial charge in [-0.05, 0) is 32.9 Å². The maximum atomic E-state index is 5.01. The van der Waals surface area contributed by atoms with Crippen molar-refractivity contribution in [3.8, 4) is 0 Å². The summed E-state index contributed by atoms with van der Waals surface area (Å²) >= 11 is 0. The third-order valence-electron chi connectivity index (χ3n) is 1.60. The Bertz CT molecular complexity index is 277. The minimum absolute atomic E-state index is 0.167. The van der Waals surface area contributed by atoms with Crippen LogP contribution in [0.1, 0.15) is 39.6 Å². The van der Waals surface area contributed by atoms with Gasteiger partial charge in [0, 0.05) is 0 Å². The van der Waals surface area contributed by atoms with Gasteiger partial charge in [-0.1, -0.05) is 0 Å². The third-order valence-corrected chi connectivity index (χ3v) is 1.60. The Morgan fingerprint density at radius 3 is 2.46 bits per heavy atom. The average molecular weight is 185 g/mol. The Labute approximate surface area is 77.0 Å². The summed E-state index contributed by atoms with van der Waals surface area (Å²) in [6.07, 6.45) is -0.323. The monoisotopic (exact) mass is 185 g/mol. The smallest absolute Gasteiger partial charge is 0.205 e.